The van der Waals surface area contributed by atoms with Crippen molar-refractivity contribution in [2.45, 2.75) is 26.3 Å². The van der Waals surface area contributed by atoms with Crippen LogP contribution in [0, 0.1) is 0 Å². The summed E-state index contributed by atoms with van der Waals surface area (Å²) in [5, 5.41) is 11.9. The monoisotopic (exact) mass is 354 g/mol. The summed E-state index contributed by atoms with van der Waals surface area (Å²) < 4.78 is 0. The molecule has 0 bridgehead atoms. The number of aliphatic hydroxyl groups is 1. The van der Waals surface area contributed by atoms with Gasteiger partial charge in [-0.15, -0.1) is 0 Å². The van der Waals surface area contributed by atoms with Gasteiger partial charge in [-0.1, -0.05) is 42.5 Å². The van der Waals surface area contributed by atoms with E-state index in [9.17, 15) is 9.59 Å². The van der Waals surface area contributed by atoms with Crippen molar-refractivity contribution in [3.05, 3.63) is 71.3 Å². The van der Waals surface area contributed by atoms with Gasteiger partial charge in [-0.25, -0.2) is 0 Å². The number of carbonyl (C=O) groups excluding carboxylic acids is 2. The molecule has 0 radical (unpaired) electrons. The highest BCUT2D eigenvalue weighted by molar-refractivity contribution is 5.94. The summed E-state index contributed by atoms with van der Waals surface area (Å²) in [6.07, 6.45) is 1.17. The Bertz CT molecular complexity index is 699. The minimum Gasteiger partial charge on any atom is -0.395 e. The zero-order valence-corrected chi connectivity index (χ0v) is 15.1. The van der Waals surface area contributed by atoms with Crippen LogP contribution in [0.1, 0.15) is 34.8 Å². The molecule has 0 saturated heterocycles. The molecule has 138 valence electrons. The van der Waals surface area contributed by atoms with Gasteiger partial charge in [0.25, 0.3) is 5.91 Å². The Morgan fingerprint density at radius 1 is 1.00 bits per heavy atom. The van der Waals surface area contributed by atoms with E-state index >= 15 is 0 Å². The second kappa shape index (κ2) is 10.4. The molecule has 0 unspecified atom stereocenters. The molecule has 5 nitrogen and oxygen atoms in total. The van der Waals surface area contributed by atoms with Crippen LogP contribution in [-0.4, -0.2) is 41.5 Å². The number of rotatable bonds is 9. The van der Waals surface area contributed by atoms with Gasteiger partial charge in [0.15, 0.2) is 0 Å². The van der Waals surface area contributed by atoms with Crippen LogP contribution in [0.5, 0.6) is 0 Å². The average molecular weight is 354 g/mol. The second-order valence-electron chi connectivity index (χ2n) is 6.07. The molecule has 0 aliphatic rings. The summed E-state index contributed by atoms with van der Waals surface area (Å²) in [4.78, 5) is 25.9. The molecule has 2 aromatic rings. The number of hydrogen-bond donors (Lipinski definition) is 2. The number of hydrogen-bond acceptors (Lipinski definition) is 3. The summed E-state index contributed by atoms with van der Waals surface area (Å²) in [6.45, 7) is 3.16. The SMILES string of the molecule is CCN(CCO)C(=O)c1ccc(CNC(=O)CCc2ccccc2)cc1. The summed E-state index contributed by atoms with van der Waals surface area (Å²) in [5.74, 6) is -0.0888. The lowest BCUT2D eigenvalue weighted by Crippen LogP contribution is -2.33. The molecule has 0 heterocycles. The van der Waals surface area contributed by atoms with Gasteiger partial charge in [-0.2, -0.15) is 0 Å². The highest BCUT2D eigenvalue weighted by Gasteiger charge is 2.13. The van der Waals surface area contributed by atoms with Gasteiger partial charge in [0, 0.05) is 31.6 Å². The lowest BCUT2D eigenvalue weighted by atomic mass is 10.1. The van der Waals surface area contributed by atoms with Gasteiger partial charge in [-0.3, -0.25) is 9.59 Å². The molecule has 0 saturated carbocycles. The number of likely N-dealkylation sites (N-methyl/N-ethyl adjacent to an activating group) is 1. The molecular formula is C21H26N2O3. The molecule has 2 rings (SSSR count). The first-order chi connectivity index (χ1) is 12.6. The van der Waals surface area contributed by atoms with Crippen LogP contribution in [0.3, 0.4) is 0 Å². The molecule has 2 amide bonds. The van der Waals surface area contributed by atoms with Gasteiger partial charge in [0.1, 0.15) is 0 Å². The quantitative estimate of drug-likeness (QED) is 0.726. The molecule has 5 heteroatoms. The second-order valence-corrected chi connectivity index (χ2v) is 6.07. The maximum atomic E-state index is 12.3. The number of nitrogens with one attached hydrogen (secondary N) is 1. The third-order valence-electron chi connectivity index (χ3n) is 4.21. The van der Waals surface area contributed by atoms with E-state index in [1.165, 1.54) is 0 Å². The minimum absolute atomic E-state index is 0.00844. The van der Waals surface area contributed by atoms with Crippen molar-refractivity contribution in [1.82, 2.24) is 10.2 Å². The van der Waals surface area contributed by atoms with Crippen LogP contribution < -0.4 is 5.32 Å². The Kier molecular flexibility index (Phi) is 7.83. The smallest absolute Gasteiger partial charge is 0.253 e. The Morgan fingerprint density at radius 3 is 2.31 bits per heavy atom. The summed E-state index contributed by atoms with van der Waals surface area (Å²) in [5.41, 5.74) is 2.67. The Labute approximate surface area is 154 Å². The van der Waals surface area contributed by atoms with E-state index in [1.54, 1.807) is 17.0 Å². The molecule has 0 fully saturated rings. The zero-order chi connectivity index (χ0) is 18.8. The van der Waals surface area contributed by atoms with Crippen LogP contribution in [0.2, 0.25) is 0 Å². The van der Waals surface area contributed by atoms with Gasteiger partial charge in [0.2, 0.25) is 5.91 Å². The number of amides is 2. The van der Waals surface area contributed by atoms with Crippen molar-refractivity contribution in [2.75, 3.05) is 19.7 Å². The summed E-state index contributed by atoms with van der Waals surface area (Å²) in [7, 11) is 0. The Morgan fingerprint density at radius 2 is 1.69 bits per heavy atom. The third-order valence-corrected chi connectivity index (χ3v) is 4.21. The van der Waals surface area contributed by atoms with E-state index < -0.39 is 0 Å². The summed E-state index contributed by atoms with van der Waals surface area (Å²) in [6, 6.07) is 17.1. The molecule has 0 aliphatic heterocycles. The van der Waals surface area contributed by atoms with E-state index in [4.69, 9.17) is 5.11 Å². The summed E-state index contributed by atoms with van der Waals surface area (Å²) >= 11 is 0. The molecule has 0 atom stereocenters. The molecule has 0 aromatic heterocycles. The van der Waals surface area contributed by atoms with Crippen molar-refractivity contribution in [3.63, 3.8) is 0 Å². The number of benzene rings is 2. The van der Waals surface area contributed by atoms with E-state index in [-0.39, 0.29) is 18.4 Å². The van der Waals surface area contributed by atoms with Gasteiger partial charge < -0.3 is 15.3 Å². The topological polar surface area (TPSA) is 69.6 Å². The van der Waals surface area contributed by atoms with Crippen LogP contribution in [0.4, 0.5) is 0 Å². The molecule has 2 N–H and O–H groups in total. The van der Waals surface area contributed by atoms with Crippen LogP contribution in [0.15, 0.2) is 54.6 Å². The largest absolute Gasteiger partial charge is 0.395 e. The van der Waals surface area contributed by atoms with Crippen molar-refractivity contribution in [2.24, 2.45) is 0 Å². The molecular weight excluding hydrogens is 328 g/mol. The molecule has 2 aromatic carbocycles. The number of aliphatic hydroxyl groups excluding tert-OH is 1. The third kappa shape index (κ3) is 6.01. The predicted molar refractivity (Wildman–Crippen MR) is 102 cm³/mol. The first kappa shape index (κ1) is 19.7. The normalized spacial score (nSPS) is 10.4. The standard InChI is InChI=1S/C21H26N2O3/c1-2-23(14-15-24)21(26)19-11-8-18(9-12-19)16-22-20(25)13-10-17-6-4-3-5-7-17/h3-9,11-12,24H,2,10,13-16H2,1H3,(H,22,25). The molecule has 26 heavy (non-hydrogen) atoms. The van der Waals surface area contributed by atoms with Crippen LogP contribution in [-0.2, 0) is 17.8 Å². The number of nitrogens with zero attached hydrogens (tertiary/aromatic N) is 1. The fraction of sp³-hybridized carbons (Fsp3) is 0.333. The highest BCUT2D eigenvalue weighted by atomic mass is 16.3. The fourth-order valence-corrected chi connectivity index (χ4v) is 2.66. The fourth-order valence-electron chi connectivity index (χ4n) is 2.66. The predicted octanol–water partition coefficient (Wildman–Crippen LogP) is 2.39. The Hall–Kier alpha value is -2.66. The van der Waals surface area contributed by atoms with Crippen LogP contribution in [0.25, 0.3) is 0 Å². The maximum Gasteiger partial charge on any atom is 0.253 e. The van der Waals surface area contributed by atoms with Crippen LogP contribution >= 0.6 is 0 Å². The minimum atomic E-state index is -0.0972. The average Bonchev–Trinajstić information content (AvgIpc) is 2.69. The van der Waals surface area contributed by atoms with E-state index in [0.29, 0.717) is 31.6 Å². The van der Waals surface area contributed by atoms with Crippen molar-refractivity contribution in [3.8, 4) is 0 Å². The van der Waals surface area contributed by atoms with E-state index in [0.717, 1.165) is 17.5 Å². The first-order valence-corrected chi connectivity index (χ1v) is 8.93. The van der Waals surface area contributed by atoms with Crippen molar-refractivity contribution in [1.29, 1.82) is 0 Å². The number of carbonyl (C=O) groups is 2. The number of aryl methyl sites for hydroxylation is 1. The Balaban J connectivity index is 1.81. The van der Waals surface area contributed by atoms with Gasteiger partial charge >= 0.3 is 0 Å². The zero-order valence-electron chi connectivity index (χ0n) is 15.1. The van der Waals surface area contributed by atoms with Gasteiger partial charge in [0.05, 0.1) is 6.61 Å². The van der Waals surface area contributed by atoms with Crippen molar-refractivity contribution < 1.29 is 14.7 Å². The lowest BCUT2D eigenvalue weighted by Gasteiger charge is -2.19. The van der Waals surface area contributed by atoms with Crippen molar-refractivity contribution >= 4 is 11.8 Å². The first-order valence-electron chi connectivity index (χ1n) is 8.93. The van der Waals surface area contributed by atoms with Gasteiger partial charge in [-0.05, 0) is 36.6 Å². The highest BCUT2D eigenvalue weighted by Crippen LogP contribution is 2.08. The van der Waals surface area contributed by atoms with E-state index in [2.05, 4.69) is 5.32 Å². The maximum absolute atomic E-state index is 12.3. The molecule has 0 aliphatic carbocycles. The van der Waals surface area contributed by atoms with E-state index in [1.807, 2.05) is 49.4 Å². The lowest BCUT2D eigenvalue weighted by molar-refractivity contribution is -0.121. The molecule has 0 spiro atoms.